The van der Waals surface area contributed by atoms with E-state index in [-0.39, 0.29) is 23.8 Å². The number of esters is 1. The van der Waals surface area contributed by atoms with E-state index in [0.717, 1.165) is 25.4 Å². The van der Waals surface area contributed by atoms with Gasteiger partial charge in [0.1, 0.15) is 12.4 Å². The third-order valence-electron chi connectivity index (χ3n) is 4.71. The summed E-state index contributed by atoms with van der Waals surface area (Å²) < 4.78 is 10.8. The minimum Gasteiger partial charge on any atom is -0.492 e. The smallest absolute Gasteiger partial charge is 0.340 e. The van der Waals surface area contributed by atoms with Gasteiger partial charge in [-0.2, -0.15) is 0 Å². The first-order valence-electron chi connectivity index (χ1n) is 9.43. The second kappa shape index (κ2) is 10.1. The number of nitrogens with zero attached hydrogens (tertiary/aromatic N) is 2. The second-order valence-electron chi connectivity index (χ2n) is 6.69. The molecule has 1 fully saturated rings. The Hall–Kier alpha value is -2.77. The van der Waals surface area contributed by atoms with Crippen LogP contribution in [0.2, 0.25) is 5.02 Å². The first-order chi connectivity index (χ1) is 14.0. The summed E-state index contributed by atoms with van der Waals surface area (Å²) in [5.74, 6) is -0.0300. The van der Waals surface area contributed by atoms with Crippen LogP contribution in [0.1, 0.15) is 10.4 Å². The molecule has 0 atom stereocenters. The van der Waals surface area contributed by atoms with Crippen LogP contribution in [0.4, 0.5) is 5.69 Å². The molecule has 1 amide bonds. The van der Waals surface area contributed by atoms with Gasteiger partial charge in [0.2, 0.25) is 0 Å². The van der Waals surface area contributed by atoms with E-state index in [0.29, 0.717) is 24.7 Å². The number of nitrogens with two attached hydrogens (primary N) is 1. The second-order valence-corrected chi connectivity index (χ2v) is 7.13. The maximum absolute atomic E-state index is 12.3. The van der Waals surface area contributed by atoms with Crippen molar-refractivity contribution in [3.8, 4) is 5.75 Å². The Morgan fingerprint density at radius 3 is 2.48 bits per heavy atom. The highest BCUT2D eigenvalue weighted by atomic mass is 35.5. The van der Waals surface area contributed by atoms with Gasteiger partial charge < -0.3 is 20.1 Å². The van der Waals surface area contributed by atoms with Gasteiger partial charge in [-0.3, -0.25) is 9.69 Å². The van der Waals surface area contributed by atoms with Crippen LogP contribution >= 0.6 is 11.6 Å². The molecule has 0 aliphatic carbocycles. The Morgan fingerprint density at radius 2 is 1.76 bits per heavy atom. The molecule has 2 N–H and O–H groups in total. The van der Waals surface area contributed by atoms with Crippen LogP contribution in [0.25, 0.3) is 0 Å². The predicted octanol–water partition coefficient (Wildman–Crippen LogP) is 2.30. The van der Waals surface area contributed by atoms with Crippen molar-refractivity contribution in [3.63, 3.8) is 0 Å². The molecule has 2 aromatic rings. The fraction of sp³-hybridized carbons (Fsp3) is 0.333. The molecule has 0 spiro atoms. The standard InChI is InChI=1S/C21H24ClN3O4/c22-16-6-7-19(23)18(14-16)21(27)29-15-20(26)25-10-8-24(9-11-25)12-13-28-17-4-2-1-3-5-17/h1-7,14H,8-13,15,23H2. The number of anilines is 1. The molecule has 0 aromatic heterocycles. The van der Waals surface area contributed by atoms with Crippen LogP contribution in [0.3, 0.4) is 0 Å². The molecule has 1 saturated heterocycles. The molecule has 8 heteroatoms. The molecule has 7 nitrogen and oxygen atoms in total. The number of rotatable bonds is 7. The number of carbonyl (C=O) groups is 2. The average molecular weight is 418 g/mol. The summed E-state index contributed by atoms with van der Waals surface area (Å²) in [5, 5.41) is 0.379. The zero-order valence-corrected chi connectivity index (χ0v) is 16.8. The Balaban J connectivity index is 1.37. The Kier molecular flexibility index (Phi) is 7.32. The van der Waals surface area contributed by atoms with Gasteiger partial charge in [-0.1, -0.05) is 29.8 Å². The van der Waals surface area contributed by atoms with Crippen molar-refractivity contribution in [2.24, 2.45) is 0 Å². The third kappa shape index (κ3) is 6.10. The van der Waals surface area contributed by atoms with Gasteiger partial charge in [0.25, 0.3) is 5.91 Å². The van der Waals surface area contributed by atoms with Crippen molar-refractivity contribution in [1.29, 1.82) is 0 Å². The van der Waals surface area contributed by atoms with Gasteiger partial charge >= 0.3 is 5.97 Å². The molecule has 154 valence electrons. The van der Waals surface area contributed by atoms with Crippen LogP contribution in [0.5, 0.6) is 5.75 Å². The van der Waals surface area contributed by atoms with Crippen LogP contribution in [0, 0.1) is 0 Å². The number of hydrogen-bond donors (Lipinski definition) is 1. The number of piperazine rings is 1. The minimum absolute atomic E-state index is 0.161. The largest absolute Gasteiger partial charge is 0.492 e. The summed E-state index contributed by atoms with van der Waals surface area (Å²) in [6, 6.07) is 14.2. The molecule has 0 unspecified atom stereocenters. The lowest BCUT2D eigenvalue weighted by Crippen LogP contribution is -2.50. The number of para-hydroxylation sites is 1. The first-order valence-corrected chi connectivity index (χ1v) is 9.81. The monoisotopic (exact) mass is 417 g/mol. The number of halogens is 1. The number of carbonyl (C=O) groups excluding carboxylic acids is 2. The van der Waals surface area contributed by atoms with Crippen molar-refractivity contribution in [3.05, 3.63) is 59.1 Å². The van der Waals surface area contributed by atoms with E-state index in [4.69, 9.17) is 26.8 Å². The molecular formula is C21H24ClN3O4. The van der Waals surface area contributed by atoms with Crippen molar-refractivity contribution >= 4 is 29.2 Å². The average Bonchev–Trinajstić information content (AvgIpc) is 2.74. The van der Waals surface area contributed by atoms with E-state index in [1.165, 1.54) is 12.1 Å². The topological polar surface area (TPSA) is 85.1 Å². The fourth-order valence-corrected chi connectivity index (χ4v) is 3.20. The van der Waals surface area contributed by atoms with Crippen LogP contribution in [-0.2, 0) is 9.53 Å². The van der Waals surface area contributed by atoms with Crippen molar-refractivity contribution < 1.29 is 19.1 Å². The lowest BCUT2D eigenvalue weighted by Gasteiger charge is -2.34. The molecular weight excluding hydrogens is 394 g/mol. The molecule has 1 heterocycles. The van der Waals surface area contributed by atoms with E-state index >= 15 is 0 Å². The highest BCUT2D eigenvalue weighted by molar-refractivity contribution is 6.31. The van der Waals surface area contributed by atoms with Crippen LogP contribution in [-0.4, -0.2) is 67.6 Å². The third-order valence-corrected chi connectivity index (χ3v) is 4.94. The lowest BCUT2D eigenvalue weighted by molar-refractivity contribution is -0.136. The summed E-state index contributed by atoms with van der Waals surface area (Å²) in [6.45, 7) is 3.73. The van der Waals surface area contributed by atoms with Crippen molar-refractivity contribution in [2.75, 3.05) is 51.7 Å². The van der Waals surface area contributed by atoms with E-state index in [2.05, 4.69) is 4.90 Å². The highest BCUT2D eigenvalue weighted by Crippen LogP contribution is 2.18. The summed E-state index contributed by atoms with van der Waals surface area (Å²) in [6.07, 6.45) is 0. The van der Waals surface area contributed by atoms with Gasteiger partial charge in [-0.05, 0) is 30.3 Å². The van der Waals surface area contributed by atoms with E-state index < -0.39 is 5.97 Å². The molecule has 0 saturated carbocycles. The zero-order chi connectivity index (χ0) is 20.6. The maximum atomic E-state index is 12.3. The minimum atomic E-state index is -0.657. The summed E-state index contributed by atoms with van der Waals surface area (Å²) in [4.78, 5) is 28.4. The fourth-order valence-electron chi connectivity index (χ4n) is 3.03. The molecule has 3 rings (SSSR count). The first kappa shape index (κ1) is 21.0. The number of hydrogen-bond acceptors (Lipinski definition) is 6. The summed E-state index contributed by atoms with van der Waals surface area (Å²) in [7, 11) is 0. The number of benzene rings is 2. The highest BCUT2D eigenvalue weighted by Gasteiger charge is 2.22. The molecule has 0 radical (unpaired) electrons. The lowest BCUT2D eigenvalue weighted by atomic mass is 10.2. The molecule has 1 aliphatic rings. The molecule has 2 aromatic carbocycles. The van der Waals surface area contributed by atoms with Crippen LogP contribution < -0.4 is 10.5 Å². The molecule has 1 aliphatic heterocycles. The summed E-state index contributed by atoms with van der Waals surface area (Å²) in [5.41, 5.74) is 6.18. The predicted molar refractivity (Wildman–Crippen MR) is 111 cm³/mol. The Labute approximate surface area is 174 Å². The van der Waals surface area contributed by atoms with Crippen LogP contribution in [0.15, 0.2) is 48.5 Å². The zero-order valence-electron chi connectivity index (χ0n) is 16.1. The Morgan fingerprint density at radius 1 is 1.03 bits per heavy atom. The van der Waals surface area contributed by atoms with Gasteiger partial charge in [-0.15, -0.1) is 0 Å². The normalized spacial score (nSPS) is 14.4. The van der Waals surface area contributed by atoms with Gasteiger partial charge in [0.15, 0.2) is 6.61 Å². The van der Waals surface area contributed by atoms with Crippen molar-refractivity contribution in [2.45, 2.75) is 0 Å². The maximum Gasteiger partial charge on any atom is 0.340 e. The van der Waals surface area contributed by atoms with Gasteiger partial charge in [0, 0.05) is 43.4 Å². The quantitative estimate of drug-likeness (QED) is 0.549. The SMILES string of the molecule is Nc1ccc(Cl)cc1C(=O)OCC(=O)N1CCN(CCOc2ccccc2)CC1. The number of amides is 1. The molecule has 29 heavy (non-hydrogen) atoms. The van der Waals surface area contributed by atoms with E-state index in [9.17, 15) is 9.59 Å². The number of ether oxygens (including phenoxy) is 2. The van der Waals surface area contributed by atoms with Crippen molar-refractivity contribution in [1.82, 2.24) is 9.80 Å². The number of nitrogen functional groups attached to an aromatic ring is 1. The van der Waals surface area contributed by atoms with Gasteiger partial charge in [0.05, 0.1) is 5.56 Å². The summed E-state index contributed by atoms with van der Waals surface area (Å²) >= 11 is 5.88. The Bertz CT molecular complexity index is 839. The van der Waals surface area contributed by atoms with E-state index in [1.807, 2.05) is 30.3 Å². The van der Waals surface area contributed by atoms with E-state index in [1.54, 1.807) is 11.0 Å². The molecule has 0 bridgehead atoms. The van der Waals surface area contributed by atoms with Gasteiger partial charge in [-0.25, -0.2) is 4.79 Å².